The van der Waals surface area contributed by atoms with Crippen molar-refractivity contribution in [1.29, 1.82) is 0 Å². The molecule has 1 amide bonds. The van der Waals surface area contributed by atoms with Crippen molar-refractivity contribution in [3.8, 4) is 17.0 Å². The zero-order valence-corrected chi connectivity index (χ0v) is 13.8. The number of aromatic nitrogens is 1. The van der Waals surface area contributed by atoms with E-state index in [-0.39, 0.29) is 0 Å². The Morgan fingerprint density at radius 3 is 2.80 bits per heavy atom. The van der Waals surface area contributed by atoms with Crippen molar-refractivity contribution in [3.63, 3.8) is 0 Å². The third-order valence-corrected chi connectivity index (χ3v) is 4.58. The molecular weight excluding hydrogens is 316 g/mol. The quantitative estimate of drug-likeness (QED) is 0.753. The van der Waals surface area contributed by atoms with Gasteiger partial charge in [0.05, 0.1) is 12.8 Å². The molecule has 0 saturated heterocycles. The van der Waals surface area contributed by atoms with Gasteiger partial charge in [-0.1, -0.05) is 24.3 Å². The maximum atomic E-state index is 11.1. The van der Waals surface area contributed by atoms with Crippen LogP contribution < -0.4 is 4.74 Å². The van der Waals surface area contributed by atoms with E-state index in [2.05, 4.69) is 17.1 Å². The van der Waals surface area contributed by atoms with Crippen molar-refractivity contribution < 1.29 is 14.6 Å². The number of aromatic amines is 1. The van der Waals surface area contributed by atoms with Gasteiger partial charge in [-0.2, -0.15) is 0 Å². The van der Waals surface area contributed by atoms with Gasteiger partial charge < -0.3 is 19.7 Å². The second-order valence-corrected chi connectivity index (χ2v) is 6.08. The largest absolute Gasteiger partial charge is 0.496 e. The first-order valence-electron chi connectivity index (χ1n) is 8.09. The highest BCUT2D eigenvalue weighted by Gasteiger charge is 2.19. The molecule has 3 aromatic rings. The molecule has 2 aromatic carbocycles. The predicted octanol–water partition coefficient (Wildman–Crippen LogP) is 4.22. The number of hydrogen-bond donors (Lipinski definition) is 2. The Morgan fingerprint density at radius 2 is 2.04 bits per heavy atom. The SMILES string of the molecule is COc1ccccc1-c1cc2cc(C3=CCN(C(=O)O)C3)ccc2[nH]1. The first-order valence-corrected chi connectivity index (χ1v) is 8.09. The fraction of sp³-hybridized carbons (Fsp3) is 0.150. The summed E-state index contributed by atoms with van der Waals surface area (Å²) < 4.78 is 5.44. The Labute approximate surface area is 145 Å². The summed E-state index contributed by atoms with van der Waals surface area (Å²) in [6, 6.07) is 16.2. The molecule has 5 nitrogen and oxygen atoms in total. The van der Waals surface area contributed by atoms with Gasteiger partial charge in [0.25, 0.3) is 0 Å². The van der Waals surface area contributed by atoms with Gasteiger partial charge in [0.15, 0.2) is 0 Å². The van der Waals surface area contributed by atoms with Crippen LogP contribution in [0.1, 0.15) is 5.56 Å². The summed E-state index contributed by atoms with van der Waals surface area (Å²) >= 11 is 0. The molecular formula is C20H18N2O3. The molecule has 0 atom stereocenters. The monoisotopic (exact) mass is 334 g/mol. The fourth-order valence-electron chi connectivity index (χ4n) is 3.25. The van der Waals surface area contributed by atoms with E-state index < -0.39 is 6.09 Å². The lowest BCUT2D eigenvalue weighted by atomic mass is 10.0. The third-order valence-electron chi connectivity index (χ3n) is 4.58. The second-order valence-electron chi connectivity index (χ2n) is 6.08. The van der Waals surface area contributed by atoms with Crippen LogP contribution in [0.4, 0.5) is 4.79 Å². The number of fused-ring (bicyclic) bond motifs is 1. The second kappa shape index (κ2) is 6.02. The highest BCUT2D eigenvalue weighted by Crippen LogP contribution is 2.32. The molecule has 1 aliphatic heterocycles. The van der Waals surface area contributed by atoms with Crippen LogP contribution in [-0.2, 0) is 0 Å². The number of methoxy groups -OCH3 is 1. The van der Waals surface area contributed by atoms with Crippen molar-refractivity contribution in [1.82, 2.24) is 9.88 Å². The molecule has 0 saturated carbocycles. The van der Waals surface area contributed by atoms with Crippen molar-refractivity contribution in [2.75, 3.05) is 20.2 Å². The number of hydrogen-bond acceptors (Lipinski definition) is 2. The van der Waals surface area contributed by atoms with Crippen molar-refractivity contribution in [2.24, 2.45) is 0 Å². The molecule has 0 spiro atoms. The molecule has 1 aromatic heterocycles. The number of benzene rings is 2. The van der Waals surface area contributed by atoms with Crippen LogP contribution in [-0.4, -0.2) is 41.3 Å². The minimum atomic E-state index is -0.882. The summed E-state index contributed by atoms with van der Waals surface area (Å²) in [4.78, 5) is 15.9. The van der Waals surface area contributed by atoms with Crippen LogP contribution in [0.5, 0.6) is 5.75 Å². The molecule has 2 N–H and O–H groups in total. The van der Waals surface area contributed by atoms with Gasteiger partial charge >= 0.3 is 6.09 Å². The Morgan fingerprint density at radius 1 is 1.20 bits per heavy atom. The Balaban J connectivity index is 1.70. The van der Waals surface area contributed by atoms with Crippen molar-refractivity contribution >= 4 is 22.6 Å². The lowest BCUT2D eigenvalue weighted by Gasteiger charge is -2.11. The summed E-state index contributed by atoms with van der Waals surface area (Å²) in [7, 11) is 1.67. The molecule has 4 rings (SSSR count). The fourth-order valence-corrected chi connectivity index (χ4v) is 3.25. The number of carbonyl (C=O) groups is 1. The van der Waals surface area contributed by atoms with E-state index in [0.717, 1.165) is 39.0 Å². The van der Waals surface area contributed by atoms with Crippen LogP contribution in [0.15, 0.2) is 54.6 Å². The summed E-state index contributed by atoms with van der Waals surface area (Å²) in [6.07, 6.45) is 1.09. The number of H-pyrrole nitrogens is 1. The number of nitrogens with one attached hydrogen (secondary N) is 1. The van der Waals surface area contributed by atoms with Gasteiger partial charge in [-0.15, -0.1) is 0 Å². The van der Waals surface area contributed by atoms with E-state index in [4.69, 9.17) is 9.84 Å². The number of carboxylic acid groups (broad SMARTS) is 1. The molecule has 0 unspecified atom stereocenters. The molecule has 2 heterocycles. The molecule has 5 heteroatoms. The Hall–Kier alpha value is -3.21. The zero-order chi connectivity index (χ0) is 17.4. The number of nitrogens with zero attached hydrogens (tertiary/aromatic N) is 1. The first kappa shape index (κ1) is 15.3. The number of amides is 1. The Kier molecular flexibility index (Phi) is 3.69. The van der Waals surface area contributed by atoms with Crippen molar-refractivity contribution in [3.05, 3.63) is 60.2 Å². The zero-order valence-electron chi connectivity index (χ0n) is 13.8. The van der Waals surface area contributed by atoms with E-state index in [1.165, 1.54) is 4.90 Å². The molecule has 0 radical (unpaired) electrons. The molecule has 126 valence electrons. The van der Waals surface area contributed by atoms with E-state index in [9.17, 15) is 4.79 Å². The molecule has 0 bridgehead atoms. The van der Waals surface area contributed by atoms with Crippen LogP contribution in [0.25, 0.3) is 27.7 Å². The van der Waals surface area contributed by atoms with Gasteiger partial charge in [-0.25, -0.2) is 4.79 Å². The topological polar surface area (TPSA) is 65.6 Å². The molecule has 0 fully saturated rings. The van der Waals surface area contributed by atoms with E-state index in [1.807, 2.05) is 42.5 Å². The third kappa shape index (κ3) is 2.74. The van der Waals surface area contributed by atoms with E-state index in [0.29, 0.717) is 13.1 Å². The highest BCUT2D eigenvalue weighted by molar-refractivity contribution is 5.90. The summed E-state index contributed by atoms with van der Waals surface area (Å²) in [5.41, 5.74) is 5.15. The van der Waals surface area contributed by atoms with Gasteiger partial charge in [0.1, 0.15) is 5.75 Å². The first-order chi connectivity index (χ1) is 12.2. The van der Waals surface area contributed by atoms with Crippen LogP contribution >= 0.6 is 0 Å². The average Bonchev–Trinajstić information content (AvgIpc) is 3.28. The average molecular weight is 334 g/mol. The minimum absolute atomic E-state index is 0.435. The van der Waals surface area contributed by atoms with Crippen LogP contribution in [0.3, 0.4) is 0 Å². The summed E-state index contributed by atoms with van der Waals surface area (Å²) in [5, 5.41) is 10.2. The van der Waals surface area contributed by atoms with Gasteiger partial charge in [-0.3, -0.25) is 0 Å². The van der Waals surface area contributed by atoms with Crippen molar-refractivity contribution in [2.45, 2.75) is 0 Å². The maximum absolute atomic E-state index is 11.1. The number of ether oxygens (including phenoxy) is 1. The number of para-hydroxylation sites is 1. The standard InChI is InChI=1S/C20H18N2O3/c1-25-19-5-3-2-4-16(19)18-11-15-10-13(6-7-17(15)21-18)14-8-9-22(12-14)20(23)24/h2-8,10-11,21H,9,12H2,1H3,(H,23,24). The summed E-state index contributed by atoms with van der Waals surface area (Å²) in [6.45, 7) is 0.882. The predicted molar refractivity (Wildman–Crippen MR) is 97.9 cm³/mol. The molecule has 1 aliphatic rings. The normalized spacial score (nSPS) is 14.0. The van der Waals surface area contributed by atoms with Gasteiger partial charge in [0, 0.05) is 29.6 Å². The highest BCUT2D eigenvalue weighted by atomic mass is 16.5. The smallest absolute Gasteiger partial charge is 0.407 e. The lowest BCUT2D eigenvalue weighted by Crippen LogP contribution is -2.26. The summed E-state index contributed by atoms with van der Waals surface area (Å²) in [5.74, 6) is 0.824. The maximum Gasteiger partial charge on any atom is 0.407 e. The minimum Gasteiger partial charge on any atom is -0.496 e. The van der Waals surface area contributed by atoms with Crippen LogP contribution in [0, 0.1) is 0 Å². The van der Waals surface area contributed by atoms with Gasteiger partial charge in [-0.05, 0) is 41.5 Å². The van der Waals surface area contributed by atoms with E-state index >= 15 is 0 Å². The Bertz CT molecular complexity index is 988. The molecule has 0 aliphatic carbocycles. The molecule has 25 heavy (non-hydrogen) atoms. The van der Waals surface area contributed by atoms with Crippen LogP contribution in [0.2, 0.25) is 0 Å². The van der Waals surface area contributed by atoms with E-state index in [1.54, 1.807) is 7.11 Å². The lowest BCUT2D eigenvalue weighted by molar-refractivity contribution is 0.158. The van der Waals surface area contributed by atoms with Gasteiger partial charge in [0.2, 0.25) is 0 Å². The number of rotatable bonds is 3.